The Kier molecular flexibility index (Phi) is 4.46. The van der Waals surface area contributed by atoms with E-state index in [1.165, 1.54) is 17.1 Å². The van der Waals surface area contributed by atoms with Crippen LogP contribution < -0.4 is 5.32 Å². The summed E-state index contributed by atoms with van der Waals surface area (Å²) in [6, 6.07) is 19.8. The Balaban J connectivity index is 1.46. The van der Waals surface area contributed by atoms with Gasteiger partial charge in [0.2, 0.25) is 5.91 Å². The maximum Gasteiger partial charge on any atom is 0.234 e. The molecule has 0 unspecified atom stereocenters. The molecule has 4 aromatic rings. The van der Waals surface area contributed by atoms with Crippen LogP contribution in [0.2, 0.25) is 0 Å². The number of thioether (sulfide) groups is 1. The summed E-state index contributed by atoms with van der Waals surface area (Å²) in [5, 5.41) is 5.95. The minimum absolute atomic E-state index is 0.0575. The van der Waals surface area contributed by atoms with E-state index in [9.17, 15) is 4.79 Å². The van der Waals surface area contributed by atoms with Crippen LogP contribution in [-0.4, -0.2) is 21.6 Å². The number of aromatic nitrogens is 2. The van der Waals surface area contributed by atoms with Crippen LogP contribution in [0.15, 0.2) is 70.3 Å². The largest absolute Gasteiger partial charge is 0.333 e. The fourth-order valence-electron chi connectivity index (χ4n) is 2.61. The summed E-state index contributed by atoms with van der Waals surface area (Å²) in [6.45, 7) is 0. The number of imidazole rings is 1. The number of halogens is 1. The summed E-state index contributed by atoms with van der Waals surface area (Å²) in [5.41, 5.74) is 2.67. The number of anilines is 1. The number of H-pyrrole nitrogens is 1. The number of amides is 1. The van der Waals surface area contributed by atoms with Crippen LogP contribution in [-0.2, 0) is 4.79 Å². The van der Waals surface area contributed by atoms with Crippen LogP contribution in [0, 0.1) is 0 Å². The Morgan fingerprint density at radius 2 is 1.80 bits per heavy atom. The minimum atomic E-state index is -0.0575. The molecule has 1 amide bonds. The van der Waals surface area contributed by atoms with Crippen LogP contribution in [0.5, 0.6) is 0 Å². The summed E-state index contributed by atoms with van der Waals surface area (Å²) in [4.78, 5) is 19.9. The van der Waals surface area contributed by atoms with Gasteiger partial charge in [-0.1, -0.05) is 52.0 Å². The molecular weight excluding hydrogens is 398 g/mol. The molecule has 0 radical (unpaired) electrons. The summed E-state index contributed by atoms with van der Waals surface area (Å²) in [5.74, 6) is 0.244. The molecule has 0 aliphatic rings. The average Bonchev–Trinajstić information content (AvgIpc) is 3.01. The topological polar surface area (TPSA) is 57.8 Å². The van der Waals surface area contributed by atoms with E-state index in [1.807, 2.05) is 36.4 Å². The lowest BCUT2D eigenvalue weighted by atomic mass is 10.1. The maximum absolute atomic E-state index is 12.1. The van der Waals surface area contributed by atoms with Crippen molar-refractivity contribution in [2.24, 2.45) is 0 Å². The third-order valence-electron chi connectivity index (χ3n) is 3.80. The number of aromatic amines is 1. The molecule has 1 aromatic heterocycles. The smallest absolute Gasteiger partial charge is 0.234 e. The summed E-state index contributed by atoms with van der Waals surface area (Å²) in [6.07, 6.45) is 0. The maximum atomic E-state index is 12.1. The van der Waals surface area contributed by atoms with E-state index in [-0.39, 0.29) is 5.91 Å². The van der Waals surface area contributed by atoms with E-state index < -0.39 is 0 Å². The van der Waals surface area contributed by atoms with Gasteiger partial charge in [-0.15, -0.1) is 0 Å². The fraction of sp³-hybridized carbons (Fsp3) is 0.0526. The van der Waals surface area contributed by atoms with Gasteiger partial charge in [0, 0.05) is 10.2 Å². The van der Waals surface area contributed by atoms with Gasteiger partial charge in [0.1, 0.15) is 0 Å². The van der Waals surface area contributed by atoms with Gasteiger partial charge >= 0.3 is 0 Å². The van der Waals surface area contributed by atoms with E-state index in [0.29, 0.717) is 5.75 Å². The van der Waals surface area contributed by atoms with Crippen molar-refractivity contribution in [1.29, 1.82) is 0 Å². The number of fused-ring (bicyclic) bond motifs is 2. The Bertz CT molecular complexity index is 1010. The number of carbonyl (C=O) groups is 1. The molecule has 0 atom stereocenters. The van der Waals surface area contributed by atoms with Crippen molar-refractivity contribution in [3.05, 3.63) is 65.1 Å². The third-order valence-corrected chi connectivity index (χ3v) is 5.20. The highest BCUT2D eigenvalue weighted by atomic mass is 79.9. The lowest BCUT2D eigenvalue weighted by Gasteiger charge is -2.04. The standard InChI is InChI=1S/C19H14BrN3OS/c20-14-5-7-15(8-6-14)21-18(24)11-25-19-22-16-9-12-3-1-2-4-13(12)10-17(16)23-19/h1-10H,11H2,(H,21,24)(H,22,23). The molecule has 25 heavy (non-hydrogen) atoms. The second-order valence-electron chi connectivity index (χ2n) is 5.60. The lowest BCUT2D eigenvalue weighted by molar-refractivity contribution is -0.113. The minimum Gasteiger partial charge on any atom is -0.333 e. The molecule has 2 N–H and O–H groups in total. The zero-order chi connectivity index (χ0) is 17.2. The molecule has 6 heteroatoms. The molecule has 0 fully saturated rings. The van der Waals surface area contributed by atoms with Crippen molar-refractivity contribution in [3.8, 4) is 0 Å². The summed E-state index contributed by atoms with van der Waals surface area (Å²) in [7, 11) is 0. The van der Waals surface area contributed by atoms with Gasteiger partial charge in [-0.25, -0.2) is 4.98 Å². The van der Waals surface area contributed by atoms with Crippen molar-refractivity contribution >= 4 is 61.1 Å². The van der Waals surface area contributed by atoms with E-state index in [0.717, 1.165) is 31.7 Å². The monoisotopic (exact) mass is 411 g/mol. The van der Waals surface area contributed by atoms with Crippen molar-refractivity contribution < 1.29 is 4.79 Å². The average molecular weight is 412 g/mol. The van der Waals surface area contributed by atoms with Crippen LogP contribution in [0.4, 0.5) is 5.69 Å². The Morgan fingerprint density at radius 3 is 2.56 bits per heavy atom. The number of carbonyl (C=O) groups excluding carboxylic acids is 1. The second kappa shape index (κ2) is 6.90. The molecule has 1 heterocycles. The number of nitrogens with zero attached hydrogens (tertiary/aromatic N) is 1. The van der Waals surface area contributed by atoms with E-state index in [1.54, 1.807) is 0 Å². The number of benzene rings is 3. The molecule has 0 spiro atoms. The van der Waals surface area contributed by atoms with Crippen molar-refractivity contribution in [3.63, 3.8) is 0 Å². The molecular formula is C19H14BrN3OS. The lowest BCUT2D eigenvalue weighted by Crippen LogP contribution is -2.13. The molecule has 124 valence electrons. The normalized spacial score (nSPS) is 11.1. The van der Waals surface area contributed by atoms with E-state index in [2.05, 4.69) is 55.5 Å². The third kappa shape index (κ3) is 3.70. The van der Waals surface area contributed by atoms with Gasteiger partial charge < -0.3 is 10.3 Å². The quantitative estimate of drug-likeness (QED) is 0.453. The first-order chi connectivity index (χ1) is 12.2. The van der Waals surface area contributed by atoms with Gasteiger partial charge in [-0.05, 0) is 47.2 Å². The number of hydrogen-bond donors (Lipinski definition) is 2. The number of nitrogens with one attached hydrogen (secondary N) is 2. The Labute approximate surface area is 157 Å². The number of hydrogen-bond acceptors (Lipinski definition) is 3. The van der Waals surface area contributed by atoms with E-state index >= 15 is 0 Å². The molecule has 0 bridgehead atoms. The molecule has 4 nitrogen and oxygen atoms in total. The molecule has 0 aliphatic heterocycles. The predicted octanol–water partition coefficient (Wildman–Crippen LogP) is 5.21. The molecule has 0 saturated heterocycles. The predicted molar refractivity (Wildman–Crippen MR) is 107 cm³/mol. The summed E-state index contributed by atoms with van der Waals surface area (Å²) >= 11 is 4.77. The first kappa shape index (κ1) is 16.2. The van der Waals surface area contributed by atoms with Gasteiger partial charge in [0.25, 0.3) is 0 Å². The van der Waals surface area contributed by atoms with Gasteiger partial charge in [0.15, 0.2) is 5.16 Å². The molecule has 0 saturated carbocycles. The Hall–Kier alpha value is -2.31. The Morgan fingerprint density at radius 1 is 1.08 bits per heavy atom. The highest BCUT2D eigenvalue weighted by molar-refractivity contribution is 9.10. The number of rotatable bonds is 4. The van der Waals surface area contributed by atoms with Crippen LogP contribution >= 0.6 is 27.7 Å². The van der Waals surface area contributed by atoms with Crippen LogP contribution in [0.1, 0.15) is 0 Å². The highest BCUT2D eigenvalue weighted by Crippen LogP contribution is 2.24. The summed E-state index contributed by atoms with van der Waals surface area (Å²) < 4.78 is 0.981. The van der Waals surface area contributed by atoms with E-state index in [4.69, 9.17) is 0 Å². The van der Waals surface area contributed by atoms with Crippen LogP contribution in [0.3, 0.4) is 0 Å². The SMILES string of the molecule is O=C(CSc1nc2cc3ccccc3cc2[nH]1)Nc1ccc(Br)cc1. The zero-order valence-corrected chi connectivity index (χ0v) is 15.5. The van der Waals surface area contributed by atoms with Gasteiger partial charge in [-0.3, -0.25) is 4.79 Å². The second-order valence-corrected chi connectivity index (χ2v) is 7.48. The highest BCUT2D eigenvalue weighted by Gasteiger charge is 2.08. The van der Waals surface area contributed by atoms with Gasteiger partial charge in [-0.2, -0.15) is 0 Å². The first-order valence-corrected chi connectivity index (χ1v) is 9.52. The van der Waals surface area contributed by atoms with Crippen molar-refractivity contribution in [2.45, 2.75) is 5.16 Å². The van der Waals surface area contributed by atoms with Crippen molar-refractivity contribution in [1.82, 2.24) is 9.97 Å². The first-order valence-electron chi connectivity index (χ1n) is 7.74. The molecule has 3 aromatic carbocycles. The zero-order valence-electron chi connectivity index (χ0n) is 13.1. The van der Waals surface area contributed by atoms with Gasteiger partial charge in [0.05, 0.1) is 16.8 Å². The van der Waals surface area contributed by atoms with Crippen molar-refractivity contribution in [2.75, 3.05) is 11.1 Å². The van der Waals surface area contributed by atoms with Crippen LogP contribution in [0.25, 0.3) is 21.8 Å². The molecule has 4 rings (SSSR count). The molecule has 0 aliphatic carbocycles. The fourth-order valence-corrected chi connectivity index (χ4v) is 3.56.